The van der Waals surface area contributed by atoms with Crippen LogP contribution < -0.4 is 0 Å². The number of likely N-dealkylation sites (tertiary alicyclic amines) is 1. The van der Waals surface area contributed by atoms with Gasteiger partial charge in [0.2, 0.25) is 0 Å². The average molecular weight is 273 g/mol. The fourth-order valence-corrected chi connectivity index (χ4v) is 2.94. The van der Waals surface area contributed by atoms with E-state index in [9.17, 15) is 4.79 Å². The molecule has 1 aliphatic heterocycles. The first kappa shape index (κ1) is 13.1. The third-order valence-electron chi connectivity index (χ3n) is 4.20. The van der Waals surface area contributed by atoms with Gasteiger partial charge in [-0.2, -0.15) is 0 Å². The minimum Gasteiger partial charge on any atom is -0.478 e. The molecule has 2 heterocycles. The first-order valence-corrected chi connectivity index (χ1v) is 7.03. The van der Waals surface area contributed by atoms with Crippen LogP contribution in [0.1, 0.15) is 29.6 Å². The number of imidazole rings is 1. The number of fused-ring (bicyclic) bond motifs is 1. The number of benzene rings is 1. The molecule has 0 amide bonds. The Kier molecular flexibility index (Phi) is 3.44. The number of piperidine rings is 1. The van der Waals surface area contributed by atoms with E-state index < -0.39 is 5.97 Å². The zero-order valence-corrected chi connectivity index (χ0v) is 11.6. The molecule has 0 aliphatic carbocycles. The van der Waals surface area contributed by atoms with Crippen molar-refractivity contribution in [3.63, 3.8) is 0 Å². The normalized spacial score (nSPS) is 20.4. The second-order valence-electron chi connectivity index (χ2n) is 5.54. The van der Waals surface area contributed by atoms with Crippen molar-refractivity contribution in [3.8, 4) is 0 Å². The molecule has 1 N–H and O–H groups in total. The summed E-state index contributed by atoms with van der Waals surface area (Å²) in [6, 6.07) is 5.61. The fourth-order valence-electron chi connectivity index (χ4n) is 2.94. The smallest absolute Gasteiger partial charge is 0.335 e. The molecule has 1 aliphatic rings. The van der Waals surface area contributed by atoms with Crippen LogP contribution in [-0.4, -0.2) is 45.2 Å². The molecule has 0 bridgehead atoms. The third-order valence-corrected chi connectivity index (χ3v) is 4.20. The van der Waals surface area contributed by atoms with Crippen LogP contribution in [0, 0.1) is 0 Å². The molecular weight excluding hydrogens is 254 g/mol. The van der Waals surface area contributed by atoms with Crippen LogP contribution in [0.15, 0.2) is 24.5 Å². The lowest BCUT2D eigenvalue weighted by Gasteiger charge is -2.32. The second kappa shape index (κ2) is 5.25. The molecule has 1 aromatic carbocycles. The van der Waals surface area contributed by atoms with Crippen LogP contribution in [0.25, 0.3) is 11.0 Å². The zero-order chi connectivity index (χ0) is 14.1. The summed E-state index contributed by atoms with van der Waals surface area (Å²) in [5.74, 6) is -0.894. The SMILES string of the molecule is CN1CCCCC1Cn1cnc2ccc(C(=O)O)cc21. The monoisotopic (exact) mass is 273 g/mol. The number of rotatable bonds is 3. The quantitative estimate of drug-likeness (QED) is 0.931. The van der Waals surface area contributed by atoms with Gasteiger partial charge >= 0.3 is 5.97 Å². The van der Waals surface area contributed by atoms with Crippen LogP contribution >= 0.6 is 0 Å². The highest BCUT2D eigenvalue weighted by atomic mass is 16.4. The summed E-state index contributed by atoms with van der Waals surface area (Å²) in [6.07, 6.45) is 5.54. The summed E-state index contributed by atoms with van der Waals surface area (Å²) in [4.78, 5) is 17.8. The number of carboxylic acid groups (broad SMARTS) is 1. The maximum absolute atomic E-state index is 11.1. The van der Waals surface area contributed by atoms with Crippen LogP contribution in [0.3, 0.4) is 0 Å². The first-order valence-electron chi connectivity index (χ1n) is 7.03. The van der Waals surface area contributed by atoms with Crippen LogP contribution in [0.4, 0.5) is 0 Å². The predicted octanol–water partition coefficient (Wildman–Crippen LogP) is 2.22. The van der Waals surface area contributed by atoms with Crippen molar-refractivity contribution < 1.29 is 9.90 Å². The van der Waals surface area contributed by atoms with Crippen molar-refractivity contribution in [1.29, 1.82) is 0 Å². The van der Waals surface area contributed by atoms with E-state index in [-0.39, 0.29) is 0 Å². The van der Waals surface area contributed by atoms with Crippen LogP contribution in [-0.2, 0) is 6.54 Å². The molecule has 3 rings (SSSR count). The number of nitrogens with zero attached hydrogens (tertiary/aromatic N) is 3. The Hall–Kier alpha value is -1.88. The van der Waals surface area contributed by atoms with Gasteiger partial charge in [0.25, 0.3) is 0 Å². The standard InChI is InChI=1S/C15H19N3O2/c1-17-7-3-2-4-12(17)9-18-10-16-13-6-5-11(15(19)20)8-14(13)18/h5-6,8,10,12H,2-4,7,9H2,1H3,(H,19,20). The van der Waals surface area contributed by atoms with Crippen molar-refractivity contribution in [1.82, 2.24) is 14.5 Å². The molecule has 1 fully saturated rings. The first-order chi connectivity index (χ1) is 9.65. The Morgan fingerprint density at radius 2 is 2.30 bits per heavy atom. The van der Waals surface area contributed by atoms with Crippen LogP contribution in [0.2, 0.25) is 0 Å². The van der Waals surface area contributed by atoms with E-state index in [0.717, 1.165) is 24.1 Å². The Labute approximate surface area is 117 Å². The van der Waals surface area contributed by atoms with Crippen molar-refractivity contribution in [3.05, 3.63) is 30.1 Å². The van der Waals surface area contributed by atoms with Gasteiger partial charge in [-0.25, -0.2) is 9.78 Å². The van der Waals surface area contributed by atoms with Gasteiger partial charge in [0.1, 0.15) is 0 Å². The summed E-state index contributed by atoms with van der Waals surface area (Å²) >= 11 is 0. The van der Waals surface area contributed by atoms with Crippen molar-refractivity contribution in [2.75, 3.05) is 13.6 Å². The second-order valence-corrected chi connectivity index (χ2v) is 5.54. The van der Waals surface area contributed by atoms with Gasteiger partial charge in [0.05, 0.1) is 22.9 Å². The lowest BCUT2D eigenvalue weighted by molar-refractivity contribution is 0.0697. The molecule has 0 spiro atoms. The molecular formula is C15H19N3O2. The number of likely N-dealkylation sites (N-methyl/N-ethyl adjacent to an activating group) is 1. The molecule has 1 aromatic heterocycles. The number of hydrogen-bond acceptors (Lipinski definition) is 3. The van der Waals surface area contributed by atoms with E-state index in [0.29, 0.717) is 11.6 Å². The van der Waals surface area contributed by atoms with Crippen LogP contribution in [0.5, 0.6) is 0 Å². The highest BCUT2D eigenvalue weighted by Gasteiger charge is 2.20. The molecule has 0 radical (unpaired) electrons. The van der Waals surface area contributed by atoms with Gasteiger partial charge in [-0.05, 0) is 44.6 Å². The van der Waals surface area contributed by atoms with Crippen molar-refractivity contribution >= 4 is 17.0 Å². The number of carboxylic acids is 1. The van der Waals surface area contributed by atoms with E-state index in [1.807, 2.05) is 6.33 Å². The molecule has 5 nitrogen and oxygen atoms in total. The molecule has 0 saturated carbocycles. The highest BCUT2D eigenvalue weighted by Crippen LogP contribution is 2.20. The lowest BCUT2D eigenvalue weighted by atomic mass is 10.0. The van der Waals surface area contributed by atoms with E-state index >= 15 is 0 Å². The molecule has 2 aromatic rings. The van der Waals surface area contributed by atoms with Gasteiger partial charge in [-0.1, -0.05) is 6.42 Å². The topological polar surface area (TPSA) is 58.4 Å². The molecule has 5 heteroatoms. The van der Waals surface area contributed by atoms with E-state index in [2.05, 4.69) is 21.5 Å². The summed E-state index contributed by atoms with van der Waals surface area (Å²) in [5.41, 5.74) is 2.08. The summed E-state index contributed by atoms with van der Waals surface area (Å²) in [7, 11) is 2.16. The Morgan fingerprint density at radius 3 is 3.05 bits per heavy atom. The maximum Gasteiger partial charge on any atom is 0.335 e. The molecule has 1 atom stereocenters. The van der Waals surface area contributed by atoms with E-state index in [1.165, 1.54) is 19.3 Å². The third kappa shape index (κ3) is 2.41. The molecule has 1 saturated heterocycles. The van der Waals surface area contributed by atoms with E-state index in [4.69, 9.17) is 5.11 Å². The Balaban J connectivity index is 1.90. The number of aromatic nitrogens is 2. The Morgan fingerprint density at radius 1 is 1.45 bits per heavy atom. The maximum atomic E-state index is 11.1. The van der Waals surface area contributed by atoms with E-state index in [1.54, 1.807) is 18.2 Å². The largest absolute Gasteiger partial charge is 0.478 e. The van der Waals surface area contributed by atoms with Crippen molar-refractivity contribution in [2.45, 2.75) is 31.8 Å². The van der Waals surface area contributed by atoms with Gasteiger partial charge < -0.3 is 14.6 Å². The number of hydrogen-bond donors (Lipinski definition) is 1. The van der Waals surface area contributed by atoms with Gasteiger partial charge in [0, 0.05) is 12.6 Å². The van der Waals surface area contributed by atoms with Gasteiger partial charge in [0.15, 0.2) is 0 Å². The molecule has 1 unspecified atom stereocenters. The summed E-state index contributed by atoms with van der Waals surface area (Å²) in [6.45, 7) is 2.01. The lowest BCUT2D eigenvalue weighted by Crippen LogP contribution is -2.39. The highest BCUT2D eigenvalue weighted by molar-refractivity contribution is 5.92. The number of aromatic carboxylic acids is 1. The minimum atomic E-state index is -0.894. The minimum absolute atomic E-state index is 0.316. The van der Waals surface area contributed by atoms with Gasteiger partial charge in [-0.15, -0.1) is 0 Å². The average Bonchev–Trinajstić information content (AvgIpc) is 2.84. The van der Waals surface area contributed by atoms with Crippen molar-refractivity contribution in [2.24, 2.45) is 0 Å². The fraction of sp³-hybridized carbons (Fsp3) is 0.467. The number of carbonyl (C=O) groups is 1. The van der Waals surface area contributed by atoms with Gasteiger partial charge in [-0.3, -0.25) is 0 Å². The summed E-state index contributed by atoms with van der Waals surface area (Å²) in [5, 5.41) is 9.10. The summed E-state index contributed by atoms with van der Waals surface area (Å²) < 4.78 is 2.08. The molecule has 106 valence electrons. The molecule has 20 heavy (non-hydrogen) atoms. The predicted molar refractivity (Wildman–Crippen MR) is 77.0 cm³/mol. The Bertz CT molecular complexity index is 635. The zero-order valence-electron chi connectivity index (χ0n) is 11.6.